The zero-order chi connectivity index (χ0) is 12.9. The van der Waals surface area contributed by atoms with Gasteiger partial charge in [-0.2, -0.15) is 0 Å². The molecule has 1 heterocycles. The average Bonchev–Trinajstić information content (AvgIpc) is 2.64. The summed E-state index contributed by atoms with van der Waals surface area (Å²) in [7, 11) is 2.09. The molecular weight excluding hydrogens is 244 g/mol. The summed E-state index contributed by atoms with van der Waals surface area (Å²) in [4.78, 5) is 15.7. The van der Waals surface area contributed by atoms with Gasteiger partial charge in [0.25, 0.3) is 0 Å². The lowest BCUT2D eigenvalue weighted by Gasteiger charge is -2.24. The normalized spacial score (nSPS) is 11.9. The number of aromatic hydroxyl groups is 1. The van der Waals surface area contributed by atoms with E-state index in [9.17, 15) is 9.90 Å². The first-order valence-corrected chi connectivity index (χ1v) is 7.15. The number of H-pyrrole nitrogens is 2. The Hall–Kier alpha value is -1.09. The van der Waals surface area contributed by atoms with E-state index in [-0.39, 0.29) is 5.88 Å². The minimum Gasteiger partial charge on any atom is -0.493 e. The van der Waals surface area contributed by atoms with Crippen LogP contribution in [-0.4, -0.2) is 45.2 Å². The van der Waals surface area contributed by atoms with Gasteiger partial charge in [0.2, 0.25) is 5.88 Å². The highest BCUT2D eigenvalue weighted by Gasteiger charge is 2.36. The lowest BCUT2D eigenvalue weighted by Crippen LogP contribution is -2.42. The van der Waals surface area contributed by atoms with Gasteiger partial charge >= 0.3 is 14.5 Å². The summed E-state index contributed by atoms with van der Waals surface area (Å²) in [6.45, 7) is 0. The van der Waals surface area contributed by atoms with Crippen molar-refractivity contribution in [3.63, 3.8) is 0 Å². The number of hydrogen-bond donors (Lipinski definition) is 3. The number of hydrogen-bond acceptors (Lipinski definition) is 5. The molecule has 8 heteroatoms. The molecular formula is C9H18N2O5Si. The Morgan fingerprint density at radius 1 is 1.18 bits per heavy atom. The molecule has 0 saturated heterocycles. The first kappa shape index (κ1) is 14.0. The van der Waals surface area contributed by atoms with E-state index in [2.05, 4.69) is 9.97 Å². The van der Waals surface area contributed by atoms with Gasteiger partial charge in [-0.15, -0.1) is 0 Å². The van der Waals surface area contributed by atoms with Crippen molar-refractivity contribution < 1.29 is 18.4 Å². The van der Waals surface area contributed by atoms with Crippen molar-refractivity contribution in [1.29, 1.82) is 0 Å². The SMILES string of the molecule is CO[Si](CCCc1[nH]c(=O)[nH]c1O)(OC)OC. The van der Waals surface area contributed by atoms with Gasteiger partial charge in [0.1, 0.15) is 0 Å². The zero-order valence-electron chi connectivity index (χ0n) is 10.2. The summed E-state index contributed by atoms with van der Waals surface area (Å²) < 4.78 is 15.8. The largest absolute Gasteiger partial charge is 0.500 e. The Balaban J connectivity index is 2.52. The standard InChI is InChI=1S/C9H18N2O5Si/c1-14-17(15-2,16-3)6-4-5-7-8(12)11-9(13)10-7/h12H,4-6H2,1-3H3,(H2,10,11,13). The molecule has 0 atom stereocenters. The highest BCUT2D eigenvalue weighted by atomic mass is 28.4. The molecule has 0 amide bonds. The predicted octanol–water partition coefficient (Wildman–Crippen LogP) is 0.219. The Morgan fingerprint density at radius 3 is 2.18 bits per heavy atom. The molecule has 0 fully saturated rings. The van der Waals surface area contributed by atoms with Crippen molar-refractivity contribution in [1.82, 2.24) is 9.97 Å². The number of nitrogens with one attached hydrogen (secondary N) is 2. The zero-order valence-corrected chi connectivity index (χ0v) is 11.2. The number of imidazole rings is 1. The first-order chi connectivity index (χ1) is 8.06. The molecule has 0 aliphatic carbocycles. The molecule has 98 valence electrons. The number of aromatic amines is 2. The van der Waals surface area contributed by atoms with Crippen molar-refractivity contribution in [3.05, 3.63) is 16.2 Å². The third-order valence-corrected chi connectivity index (χ3v) is 5.46. The van der Waals surface area contributed by atoms with Crippen molar-refractivity contribution in [2.75, 3.05) is 21.3 Å². The van der Waals surface area contributed by atoms with Crippen LogP contribution in [0.2, 0.25) is 6.04 Å². The van der Waals surface area contributed by atoms with Crippen molar-refractivity contribution in [3.8, 4) is 5.88 Å². The van der Waals surface area contributed by atoms with E-state index >= 15 is 0 Å². The Bertz CT molecular complexity index is 390. The van der Waals surface area contributed by atoms with E-state index in [1.165, 1.54) is 0 Å². The summed E-state index contributed by atoms with van der Waals surface area (Å²) in [6.07, 6.45) is 1.21. The topological polar surface area (TPSA) is 96.6 Å². The van der Waals surface area contributed by atoms with E-state index in [0.29, 0.717) is 24.6 Å². The van der Waals surface area contributed by atoms with Crippen molar-refractivity contribution >= 4 is 8.80 Å². The maximum atomic E-state index is 10.9. The van der Waals surface area contributed by atoms with Crippen LogP contribution >= 0.6 is 0 Å². The third-order valence-electron chi connectivity index (χ3n) is 2.62. The Kier molecular flexibility index (Phi) is 4.94. The van der Waals surface area contributed by atoms with Crippen LogP contribution in [0.15, 0.2) is 4.79 Å². The lowest BCUT2D eigenvalue weighted by atomic mass is 10.3. The molecule has 3 N–H and O–H groups in total. The smallest absolute Gasteiger partial charge is 0.493 e. The maximum absolute atomic E-state index is 10.9. The summed E-state index contributed by atoms with van der Waals surface area (Å²) in [6, 6.07) is 0.614. The first-order valence-electron chi connectivity index (χ1n) is 5.22. The second-order valence-electron chi connectivity index (χ2n) is 3.56. The van der Waals surface area contributed by atoms with Crippen LogP contribution < -0.4 is 5.69 Å². The highest BCUT2D eigenvalue weighted by Crippen LogP contribution is 2.18. The van der Waals surface area contributed by atoms with E-state index in [4.69, 9.17) is 13.3 Å². The maximum Gasteiger partial charge on any atom is 0.500 e. The van der Waals surface area contributed by atoms with Gasteiger partial charge < -0.3 is 23.4 Å². The molecule has 0 aliphatic rings. The number of rotatable bonds is 7. The fourth-order valence-corrected chi connectivity index (χ4v) is 3.35. The van der Waals surface area contributed by atoms with Crippen molar-refractivity contribution in [2.45, 2.75) is 18.9 Å². The van der Waals surface area contributed by atoms with E-state index in [1.807, 2.05) is 0 Å². The molecule has 17 heavy (non-hydrogen) atoms. The van der Waals surface area contributed by atoms with Gasteiger partial charge in [-0.05, 0) is 12.8 Å². The molecule has 7 nitrogen and oxygen atoms in total. The molecule has 0 unspecified atom stereocenters. The quantitative estimate of drug-likeness (QED) is 0.611. The Morgan fingerprint density at radius 2 is 1.76 bits per heavy atom. The average molecular weight is 262 g/mol. The van der Waals surface area contributed by atoms with E-state index < -0.39 is 14.5 Å². The second-order valence-corrected chi connectivity index (χ2v) is 6.65. The van der Waals surface area contributed by atoms with Gasteiger partial charge in [0.15, 0.2) is 0 Å². The van der Waals surface area contributed by atoms with Crippen LogP contribution in [0.3, 0.4) is 0 Å². The minimum atomic E-state index is -2.57. The summed E-state index contributed by atoms with van der Waals surface area (Å²) in [5.74, 6) is -0.116. The highest BCUT2D eigenvalue weighted by molar-refractivity contribution is 6.60. The molecule has 0 radical (unpaired) electrons. The molecule has 0 aliphatic heterocycles. The van der Waals surface area contributed by atoms with Gasteiger partial charge in [-0.25, -0.2) is 4.79 Å². The van der Waals surface area contributed by atoms with Gasteiger partial charge in [0, 0.05) is 27.4 Å². The monoisotopic (exact) mass is 262 g/mol. The molecule has 0 saturated carbocycles. The molecule has 0 aromatic carbocycles. The minimum absolute atomic E-state index is 0.116. The number of aromatic nitrogens is 2. The fraction of sp³-hybridized carbons (Fsp3) is 0.667. The molecule has 1 aromatic rings. The predicted molar refractivity (Wildman–Crippen MR) is 63.0 cm³/mol. The Labute approximate surface area is 100 Å². The van der Waals surface area contributed by atoms with Crippen LogP contribution in [0.4, 0.5) is 0 Å². The van der Waals surface area contributed by atoms with Gasteiger partial charge in [-0.3, -0.25) is 4.98 Å². The third kappa shape index (κ3) is 3.43. The van der Waals surface area contributed by atoms with Crippen LogP contribution in [0.25, 0.3) is 0 Å². The second kappa shape index (κ2) is 6.01. The van der Waals surface area contributed by atoms with E-state index in [1.54, 1.807) is 21.3 Å². The summed E-state index contributed by atoms with van der Waals surface area (Å²) in [5, 5.41) is 9.36. The van der Waals surface area contributed by atoms with Crippen molar-refractivity contribution in [2.24, 2.45) is 0 Å². The van der Waals surface area contributed by atoms with Gasteiger partial charge in [0.05, 0.1) is 5.69 Å². The fourth-order valence-electron chi connectivity index (χ4n) is 1.63. The number of aryl methyl sites for hydroxylation is 1. The van der Waals surface area contributed by atoms with Crippen LogP contribution in [0.5, 0.6) is 5.88 Å². The molecule has 1 aromatic heterocycles. The van der Waals surface area contributed by atoms with Crippen LogP contribution in [-0.2, 0) is 19.7 Å². The lowest BCUT2D eigenvalue weighted by molar-refractivity contribution is 0.123. The molecule has 1 rings (SSSR count). The molecule has 0 bridgehead atoms. The summed E-state index contributed by atoms with van der Waals surface area (Å²) >= 11 is 0. The van der Waals surface area contributed by atoms with Crippen LogP contribution in [0, 0.1) is 0 Å². The van der Waals surface area contributed by atoms with E-state index in [0.717, 1.165) is 0 Å². The summed E-state index contributed by atoms with van der Waals surface area (Å²) in [5.41, 5.74) is 0.0763. The molecule has 0 spiro atoms. The van der Waals surface area contributed by atoms with Crippen LogP contribution in [0.1, 0.15) is 12.1 Å². The van der Waals surface area contributed by atoms with Gasteiger partial charge in [-0.1, -0.05) is 0 Å².